The summed E-state index contributed by atoms with van der Waals surface area (Å²) < 4.78 is 41.6. The first-order chi connectivity index (χ1) is 13.3. The highest BCUT2D eigenvalue weighted by Gasteiger charge is 2.29. The van der Waals surface area contributed by atoms with Crippen molar-refractivity contribution in [3.8, 4) is 0 Å². The Morgan fingerprint density at radius 3 is 2.61 bits per heavy atom. The first kappa shape index (κ1) is 20.1. The summed E-state index contributed by atoms with van der Waals surface area (Å²) in [6, 6.07) is 8.94. The minimum absolute atomic E-state index is 0.0224. The molecule has 2 atom stereocenters. The Bertz CT molecular complexity index is 911. The molecule has 0 saturated heterocycles. The van der Waals surface area contributed by atoms with Crippen molar-refractivity contribution >= 4 is 23.7 Å². The van der Waals surface area contributed by atoms with Crippen molar-refractivity contribution in [1.82, 2.24) is 5.01 Å². The molecule has 0 N–H and O–H groups in total. The van der Waals surface area contributed by atoms with Crippen LogP contribution in [0.5, 0.6) is 0 Å². The number of amides is 1. The number of nitrogens with zero attached hydrogens (tertiary/aromatic N) is 2. The van der Waals surface area contributed by atoms with Gasteiger partial charge in [0.2, 0.25) is 5.91 Å². The molecule has 2 unspecified atom stereocenters. The van der Waals surface area contributed by atoms with Crippen molar-refractivity contribution in [1.29, 1.82) is 0 Å². The van der Waals surface area contributed by atoms with Crippen LogP contribution in [0.2, 0.25) is 5.02 Å². The van der Waals surface area contributed by atoms with Crippen LogP contribution in [-0.2, 0) is 4.79 Å². The number of hydrogen-bond donors (Lipinski definition) is 0. The van der Waals surface area contributed by atoms with E-state index in [1.54, 1.807) is 18.2 Å². The maximum Gasteiger partial charge on any atom is 0.243 e. The average Bonchev–Trinajstić information content (AvgIpc) is 3.14. The summed E-state index contributed by atoms with van der Waals surface area (Å²) in [6.07, 6.45) is 0.518. The van der Waals surface area contributed by atoms with E-state index in [9.17, 15) is 18.0 Å². The van der Waals surface area contributed by atoms with Crippen LogP contribution in [0.25, 0.3) is 0 Å². The molecule has 1 heterocycles. The number of benzene rings is 2. The van der Waals surface area contributed by atoms with Crippen LogP contribution in [0.15, 0.2) is 59.7 Å². The van der Waals surface area contributed by atoms with Crippen LogP contribution >= 0.6 is 11.6 Å². The smallest absolute Gasteiger partial charge is 0.243 e. The minimum atomic E-state index is -1.44. The molecule has 0 bridgehead atoms. The molecule has 1 aliphatic heterocycles. The lowest BCUT2D eigenvalue weighted by molar-refractivity contribution is -0.133. The average molecular weight is 407 g/mol. The lowest BCUT2D eigenvalue weighted by Crippen LogP contribution is -2.27. The third-order valence-corrected chi connectivity index (χ3v) is 4.75. The Labute approximate surface area is 166 Å². The molecule has 0 aliphatic carbocycles. The van der Waals surface area contributed by atoms with Crippen LogP contribution < -0.4 is 0 Å². The van der Waals surface area contributed by atoms with Gasteiger partial charge in [0.05, 0.1) is 6.04 Å². The monoisotopic (exact) mass is 406 g/mol. The second-order valence-corrected chi connectivity index (χ2v) is 7.00. The Morgan fingerprint density at radius 1 is 1.21 bits per heavy atom. The third kappa shape index (κ3) is 4.62. The van der Waals surface area contributed by atoms with Gasteiger partial charge in [-0.3, -0.25) is 4.79 Å². The van der Waals surface area contributed by atoms with Crippen molar-refractivity contribution in [2.75, 3.05) is 0 Å². The largest absolute Gasteiger partial charge is 0.273 e. The van der Waals surface area contributed by atoms with Gasteiger partial charge in [-0.25, -0.2) is 18.2 Å². The van der Waals surface area contributed by atoms with Gasteiger partial charge in [-0.2, -0.15) is 5.10 Å². The van der Waals surface area contributed by atoms with Crippen molar-refractivity contribution in [2.45, 2.75) is 31.5 Å². The van der Waals surface area contributed by atoms with Crippen LogP contribution in [0, 0.1) is 11.6 Å². The van der Waals surface area contributed by atoms with Crippen LogP contribution in [0.3, 0.4) is 0 Å². The zero-order valence-corrected chi connectivity index (χ0v) is 15.7. The van der Waals surface area contributed by atoms with E-state index in [1.165, 1.54) is 29.4 Å². The molecule has 3 rings (SSSR count). The van der Waals surface area contributed by atoms with Crippen molar-refractivity contribution < 1.29 is 18.0 Å². The Kier molecular flexibility index (Phi) is 6.19. The number of hydrogen-bond acceptors (Lipinski definition) is 2. The summed E-state index contributed by atoms with van der Waals surface area (Å²) in [4.78, 5) is 12.6. The zero-order valence-electron chi connectivity index (χ0n) is 14.9. The predicted molar refractivity (Wildman–Crippen MR) is 103 cm³/mol. The SMILES string of the molecule is C=C(CCC(=O)N1N=CCC1c1cc(F)cc(F)c1)C(F)c1cccc(Cl)c1. The van der Waals surface area contributed by atoms with Crippen molar-refractivity contribution in [3.63, 3.8) is 0 Å². The van der Waals surface area contributed by atoms with Crippen molar-refractivity contribution in [3.05, 3.63) is 82.4 Å². The fraction of sp³-hybridized carbons (Fsp3) is 0.238. The molecule has 28 heavy (non-hydrogen) atoms. The molecular formula is C21H18ClF3N2O. The highest BCUT2D eigenvalue weighted by atomic mass is 35.5. The molecule has 146 valence electrons. The van der Waals surface area contributed by atoms with Crippen LogP contribution in [-0.4, -0.2) is 17.1 Å². The summed E-state index contributed by atoms with van der Waals surface area (Å²) in [7, 11) is 0. The Morgan fingerprint density at radius 2 is 1.93 bits per heavy atom. The Balaban J connectivity index is 1.63. The van der Waals surface area contributed by atoms with Crippen molar-refractivity contribution in [2.24, 2.45) is 5.10 Å². The fourth-order valence-electron chi connectivity index (χ4n) is 3.11. The summed E-state index contributed by atoms with van der Waals surface area (Å²) in [5.41, 5.74) is 0.939. The van der Waals surface area contributed by atoms with Gasteiger partial charge in [0, 0.05) is 30.1 Å². The molecule has 2 aromatic carbocycles. The fourth-order valence-corrected chi connectivity index (χ4v) is 3.31. The molecule has 0 fully saturated rings. The minimum Gasteiger partial charge on any atom is -0.273 e. The second kappa shape index (κ2) is 8.61. The van der Waals surface area contributed by atoms with E-state index in [4.69, 9.17) is 11.6 Å². The van der Waals surface area contributed by atoms with E-state index in [-0.39, 0.29) is 24.3 Å². The maximum absolute atomic E-state index is 14.6. The van der Waals surface area contributed by atoms with Gasteiger partial charge in [0.15, 0.2) is 0 Å². The topological polar surface area (TPSA) is 32.7 Å². The van der Waals surface area contributed by atoms with Gasteiger partial charge in [-0.15, -0.1) is 0 Å². The number of hydrazone groups is 1. The van der Waals surface area contributed by atoms with Crippen LogP contribution in [0.1, 0.15) is 42.6 Å². The number of allylic oxidation sites excluding steroid dienone is 1. The molecule has 2 aromatic rings. The van der Waals surface area contributed by atoms with Gasteiger partial charge >= 0.3 is 0 Å². The molecule has 0 saturated carbocycles. The molecule has 7 heteroatoms. The summed E-state index contributed by atoms with van der Waals surface area (Å²) in [5, 5.41) is 5.62. The first-order valence-electron chi connectivity index (χ1n) is 8.73. The van der Waals surface area contributed by atoms with E-state index in [0.29, 0.717) is 22.6 Å². The molecule has 1 aliphatic rings. The summed E-state index contributed by atoms with van der Waals surface area (Å²) in [6.45, 7) is 3.73. The zero-order chi connectivity index (χ0) is 20.3. The van der Waals surface area contributed by atoms with E-state index < -0.39 is 23.8 Å². The van der Waals surface area contributed by atoms with Gasteiger partial charge < -0.3 is 0 Å². The molecule has 1 amide bonds. The number of rotatable bonds is 6. The highest BCUT2D eigenvalue weighted by molar-refractivity contribution is 6.30. The maximum atomic E-state index is 14.6. The number of alkyl halides is 1. The molecule has 3 nitrogen and oxygen atoms in total. The van der Waals surface area contributed by atoms with Gasteiger partial charge in [0.25, 0.3) is 0 Å². The Hall–Kier alpha value is -2.60. The van der Waals surface area contributed by atoms with E-state index >= 15 is 0 Å². The predicted octanol–water partition coefficient (Wildman–Crippen LogP) is 5.92. The molecule has 0 aromatic heterocycles. The molecule has 0 radical (unpaired) electrons. The number of halogens is 4. The van der Waals surface area contributed by atoms with Crippen LogP contribution in [0.4, 0.5) is 13.2 Å². The summed E-state index contributed by atoms with van der Waals surface area (Å²) >= 11 is 5.88. The molecular weight excluding hydrogens is 389 g/mol. The van der Waals surface area contributed by atoms with E-state index in [0.717, 1.165) is 6.07 Å². The quantitative estimate of drug-likeness (QED) is 0.547. The normalized spacial score (nSPS) is 17.0. The molecule has 0 spiro atoms. The van der Waals surface area contributed by atoms with Gasteiger partial charge in [0.1, 0.15) is 17.8 Å². The second-order valence-electron chi connectivity index (χ2n) is 6.57. The van der Waals surface area contributed by atoms with E-state index in [2.05, 4.69) is 11.7 Å². The summed E-state index contributed by atoms with van der Waals surface area (Å²) in [5.74, 6) is -1.81. The lowest BCUT2D eigenvalue weighted by atomic mass is 9.99. The first-order valence-corrected chi connectivity index (χ1v) is 9.10. The van der Waals surface area contributed by atoms with E-state index in [1.807, 2.05) is 0 Å². The standard InChI is InChI=1S/C21H18ClF3N2O/c1-13(21(25)14-3-2-4-16(22)9-14)5-6-20(28)27-19(7-8-26-27)15-10-17(23)12-18(24)11-15/h2-4,8-12,19,21H,1,5-7H2. The number of carbonyl (C=O) groups is 1. The lowest BCUT2D eigenvalue weighted by Gasteiger charge is -2.23. The highest BCUT2D eigenvalue weighted by Crippen LogP contribution is 2.32. The number of carbonyl (C=O) groups excluding carboxylic acids is 1. The van der Waals surface area contributed by atoms with Gasteiger partial charge in [-0.05, 0) is 47.4 Å². The third-order valence-electron chi connectivity index (χ3n) is 4.51. The van der Waals surface area contributed by atoms with Gasteiger partial charge in [-0.1, -0.05) is 30.3 Å².